The highest BCUT2D eigenvalue weighted by Crippen LogP contribution is 2.27. The van der Waals surface area contributed by atoms with Gasteiger partial charge in [-0.05, 0) is 24.6 Å². The van der Waals surface area contributed by atoms with Gasteiger partial charge in [0.25, 0.3) is 0 Å². The Morgan fingerprint density at radius 3 is 2.52 bits per heavy atom. The van der Waals surface area contributed by atoms with Crippen LogP contribution in [0.3, 0.4) is 0 Å². The van der Waals surface area contributed by atoms with Gasteiger partial charge in [0.2, 0.25) is 0 Å². The number of nitrogens with one attached hydrogen (secondary N) is 1. The zero-order valence-corrected chi connectivity index (χ0v) is 15.9. The third kappa shape index (κ3) is 4.21. The summed E-state index contributed by atoms with van der Waals surface area (Å²) >= 11 is 6.27. The van der Waals surface area contributed by atoms with Gasteiger partial charge in [-0.2, -0.15) is 0 Å². The fraction of sp³-hybridized carbons (Fsp3) is 0.238. The lowest BCUT2D eigenvalue weighted by Crippen LogP contribution is -2.36. The van der Waals surface area contributed by atoms with Gasteiger partial charge in [0.1, 0.15) is 11.6 Å². The maximum atomic E-state index is 6.27. The summed E-state index contributed by atoms with van der Waals surface area (Å²) in [5, 5.41) is 4.10. The van der Waals surface area contributed by atoms with E-state index in [9.17, 15) is 0 Å². The summed E-state index contributed by atoms with van der Waals surface area (Å²) in [6, 6.07) is 17.9. The normalized spacial score (nSPS) is 14.2. The Morgan fingerprint density at radius 1 is 1.00 bits per heavy atom. The zero-order chi connectivity index (χ0) is 18.6. The molecule has 1 aliphatic heterocycles. The van der Waals surface area contributed by atoms with Crippen LogP contribution in [-0.2, 0) is 4.74 Å². The van der Waals surface area contributed by atoms with Gasteiger partial charge in [-0.3, -0.25) is 0 Å². The van der Waals surface area contributed by atoms with Crippen molar-refractivity contribution < 1.29 is 4.74 Å². The van der Waals surface area contributed by atoms with Crippen molar-refractivity contribution in [3.05, 3.63) is 65.2 Å². The molecule has 2 aromatic carbocycles. The molecule has 4 rings (SSSR count). The fourth-order valence-electron chi connectivity index (χ4n) is 2.99. The molecule has 3 aromatic rings. The molecule has 0 unspecified atom stereocenters. The van der Waals surface area contributed by atoms with Gasteiger partial charge >= 0.3 is 0 Å². The molecule has 0 amide bonds. The second-order valence-electron chi connectivity index (χ2n) is 6.49. The molecule has 1 fully saturated rings. The van der Waals surface area contributed by atoms with Gasteiger partial charge in [0, 0.05) is 35.4 Å². The van der Waals surface area contributed by atoms with Crippen molar-refractivity contribution in [1.29, 1.82) is 0 Å². The van der Waals surface area contributed by atoms with Gasteiger partial charge < -0.3 is 15.0 Å². The quantitative estimate of drug-likeness (QED) is 0.711. The topological polar surface area (TPSA) is 50.3 Å². The number of rotatable bonds is 4. The molecule has 0 radical (unpaired) electrons. The number of aromatic nitrogens is 2. The Hall–Kier alpha value is -2.63. The maximum absolute atomic E-state index is 6.27. The minimum absolute atomic E-state index is 0.695. The first kappa shape index (κ1) is 17.8. The average molecular weight is 381 g/mol. The summed E-state index contributed by atoms with van der Waals surface area (Å²) in [4.78, 5) is 11.7. The molecular formula is C21H21ClN4O. The van der Waals surface area contributed by atoms with Crippen LogP contribution in [0.5, 0.6) is 0 Å². The van der Waals surface area contributed by atoms with E-state index in [1.165, 1.54) is 0 Å². The van der Waals surface area contributed by atoms with E-state index in [2.05, 4.69) is 10.2 Å². The van der Waals surface area contributed by atoms with E-state index in [4.69, 9.17) is 26.3 Å². The van der Waals surface area contributed by atoms with Gasteiger partial charge in [-0.15, -0.1) is 0 Å². The minimum atomic E-state index is 0.695. The van der Waals surface area contributed by atoms with E-state index in [-0.39, 0.29) is 0 Å². The largest absolute Gasteiger partial charge is 0.378 e. The van der Waals surface area contributed by atoms with E-state index < -0.39 is 0 Å². The molecular weight excluding hydrogens is 360 g/mol. The molecule has 5 nitrogen and oxygen atoms in total. The Bertz CT molecular complexity index is 927. The highest BCUT2D eigenvalue weighted by Gasteiger charge is 2.16. The first-order valence-electron chi connectivity index (χ1n) is 8.99. The zero-order valence-electron chi connectivity index (χ0n) is 15.2. The van der Waals surface area contributed by atoms with Crippen molar-refractivity contribution in [3.8, 4) is 11.4 Å². The van der Waals surface area contributed by atoms with E-state index in [0.717, 1.165) is 46.6 Å². The number of benzene rings is 2. The van der Waals surface area contributed by atoms with Crippen LogP contribution in [0.1, 0.15) is 5.56 Å². The molecule has 27 heavy (non-hydrogen) atoms. The number of ether oxygens (including phenoxy) is 1. The molecule has 6 heteroatoms. The summed E-state index contributed by atoms with van der Waals surface area (Å²) in [6.45, 7) is 5.05. The van der Waals surface area contributed by atoms with Crippen LogP contribution < -0.4 is 10.2 Å². The molecule has 1 aromatic heterocycles. The standard InChI is InChI=1S/C21H21ClN4O/c1-15-7-8-17(13-18(15)22)23-19-14-20(26-9-11-27-12-10-26)25-21(24-19)16-5-3-2-4-6-16/h2-8,13-14H,9-12H2,1H3,(H,23,24,25). The Kier molecular flexibility index (Phi) is 5.23. The van der Waals surface area contributed by atoms with Crippen LogP contribution in [0.15, 0.2) is 54.6 Å². The average Bonchev–Trinajstić information content (AvgIpc) is 2.72. The van der Waals surface area contributed by atoms with Crippen LogP contribution >= 0.6 is 11.6 Å². The smallest absolute Gasteiger partial charge is 0.163 e. The van der Waals surface area contributed by atoms with Crippen LogP contribution in [0, 0.1) is 6.92 Å². The number of nitrogens with zero attached hydrogens (tertiary/aromatic N) is 3. The maximum Gasteiger partial charge on any atom is 0.163 e. The van der Waals surface area contributed by atoms with Crippen molar-refractivity contribution in [1.82, 2.24) is 9.97 Å². The summed E-state index contributed by atoms with van der Waals surface area (Å²) in [6.07, 6.45) is 0. The van der Waals surface area contributed by atoms with Crippen molar-refractivity contribution in [3.63, 3.8) is 0 Å². The number of halogens is 1. The van der Waals surface area contributed by atoms with Crippen molar-refractivity contribution in [2.75, 3.05) is 36.5 Å². The molecule has 138 valence electrons. The first-order valence-corrected chi connectivity index (χ1v) is 9.37. The highest BCUT2D eigenvalue weighted by atomic mass is 35.5. The van der Waals surface area contributed by atoms with E-state index in [1.54, 1.807) is 0 Å². The highest BCUT2D eigenvalue weighted by molar-refractivity contribution is 6.31. The Balaban J connectivity index is 1.71. The SMILES string of the molecule is Cc1ccc(Nc2cc(N3CCOCC3)nc(-c3ccccc3)n2)cc1Cl. The molecule has 2 heterocycles. The Labute approximate surface area is 164 Å². The second kappa shape index (κ2) is 7.94. The predicted molar refractivity (Wildman–Crippen MR) is 110 cm³/mol. The van der Waals surface area contributed by atoms with E-state index in [0.29, 0.717) is 19.0 Å². The fourth-order valence-corrected chi connectivity index (χ4v) is 3.17. The first-order chi connectivity index (χ1) is 13.2. The summed E-state index contributed by atoms with van der Waals surface area (Å²) in [7, 11) is 0. The summed E-state index contributed by atoms with van der Waals surface area (Å²) in [5.74, 6) is 2.33. The summed E-state index contributed by atoms with van der Waals surface area (Å²) < 4.78 is 5.47. The molecule has 0 aliphatic carbocycles. The van der Waals surface area contributed by atoms with E-state index in [1.807, 2.05) is 61.5 Å². The van der Waals surface area contributed by atoms with Gasteiger partial charge in [0.05, 0.1) is 13.2 Å². The third-order valence-corrected chi connectivity index (χ3v) is 4.93. The second-order valence-corrected chi connectivity index (χ2v) is 6.90. The van der Waals surface area contributed by atoms with Gasteiger partial charge in [-0.1, -0.05) is 48.0 Å². The van der Waals surface area contributed by atoms with Gasteiger partial charge in [-0.25, -0.2) is 9.97 Å². The number of hydrogen-bond donors (Lipinski definition) is 1. The molecule has 0 spiro atoms. The number of anilines is 3. The predicted octanol–water partition coefficient (Wildman–Crippen LogP) is 4.69. The van der Waals surface area contributed by atoms with E-state index >= 15 is 0 Å². The monoisotopic (exact) mass is 380 g/mol. The molecule has 1 N–H and O–H groups in total. The summed E-state index contributed by atoms with van der Waals surface area (Å²) in [5.41, 5.74) is 2.93. The van der Waals surface area contributed by atoms with Crippen molar-refractivity contribution >= 4 is 28.9 Å². The molecule has 0 atom stereocenters. The molecule has 0 bridgehead atoms. The van der Waals surface area contributed by atoms with Crippen molar-refractivity contribution in [2.24, 2.45) is 0 Å². The lowest BCUT2D eigenvalue weighted by Gasteiger charge is -2.28. The molecule has 1 aliphatic rings. The van der Waals surface area contributed by atoms with Gasteiger partial charge in [0.15, 0.2) is 5.82 Å². The number of aryl methyl sites for hydroxylation is 1. The lowest BCUT2D eigenvalue weighted by atomic mass is 10.2. The number of hydrogen-bond acceptors (Lipinski definition) is 5. The van der Waals surface area contributed by atoms with Crippen LogP contribution in [0.25, 0.3) is 11.4 Å². The van der Waals surface area contributed by atoms with Crippen LogP contribution in [0.4, 0.5) is 17.3 Å². The number of morpholine rings is 1. The Morgan fingerprint density at radius 2 is 1.78 bits per heavy atom. The lowest BCUT2D eigenvalue weighted by molar-refractivity contribution is 0.122. The third-order valence-electron chi connectivity index (χ3n) is 4.52. The van der Waals surface area contributed by atoms with Crippen LogP contribution in [0.2, 0.25) is 5.02 Å². The molecule has 1 saturated heterocycles. The van der Waals surface area contributed by atoms with Crippen molar-refractivity contribution in [2.45, 2.75) is 6.92 Å². The minimum Gasteiger partial charge on any atom is -0.378 e. The van der Waals surface area contributed by atoms with Crippen LogP contribution in [-0.4, -0.2) is 36.3 Å². The molecule has 0 saturated carbocycles.